The molecule has 0 unspecified atom stereocenters. The summed E-state index contributed by atoms with van der Waals surface area (Å²) in [7, 11) is 0. The molecule has 0 N–H and O–H groups in total. The molecule has 0 saturated carbocycles. The van der Waals surface area contributed by atoms with Crippen LogP contribution in [0.25, 0.3) is 11.0 Å². The molecule has 0 bridgehead atoms. The van der Waals surface area contributed by atoms with Gasteiger partial charge in [-0.05, 0) is 49.2 Å². The van der Waals surface area contributed by atoms with Crippen molar-refractivity contribution in [1.29, 1.82) is 5.26 Å². The fourth-order valence-corrected chi connectivity index (χ4v) is 3.11. The molecule has 0 aliphatic heterocycles. The van der Waals surface area contributed by atoms with E-state index >= 15 is 0 Å². The third kappa shape index (κ3) is 4.66. The molecule has 1 amide bonds. The number of carbonyl (C=O) groups is 2. The molecule has 1 heterocycles. The number of ether oxygens (including phenoxy) is 1. The maximum absolute atomic E-state index is 14.1. The Morgan fingerprint density at radius 3 is 2.67 bits per heavy atom. The van der Waals surface area contributed by atoms with E-state index in [4.69, 9.17) is 14.4 Å². The summed E-state index contributed by atoms with van der Waals surface area (Å²) in [6.45, 7) is 3.40. The molecular formula is C23H21FN2O4. The molecule has 0 fully saturated rings. The first-order valence-corrected chi connectivity index (χ1v) is 9.45. The lowest BCUT2D eigenvalue weighted by atomic mass is 10.0. The SMILES string of the molecule is Cc1cc2occ(CC(=O)OCC(=O)N(CCC#N)c3ccccc3F)c2cc1C. The van der Waals surface area contributed by atoms with Gasteiger partial charge in [-0.2, -0.15) is 5.26 Å². The van der Waals surface area contributed by atoms with Gasteiger partial charge in [-0.3, -0.25) is 9.59 Å². The second-order valence-electron chi connectivity index (χ2n) is 6.94. The first-order chi connectivity index (χ1) is 14.4. The van der Waals surface area contributed by atoms with Crippen molar-refractivity contribution in [2.24, 2.45) is 0 Å². The van der Waals surface area contributed by atoms with Gasteiger partial charge >= 0.3 is 5.97 Å². The van der Waals surface area contributed by atoms with Crippen molar-refractivity contribution in [1.82, 2.24) is 0 Å². The molecule has 0 aliphatic carbocycles. The quantitative estimate of drug-likeness (QED) is 0.547. The maximum Gasteiger partial charge on any atom is 0.310 e. The van der Waals surface area contributed by atoms with Crippen LogP contribution in [0.15, 0.2) is 47.1 Å². The number of hydrogen-bond acceptors (Lipinski definition) is 5. The normalized spacial score (nSPS) is 10.6. The molecule has 2 aromatic carbocycles. The van der Waals surface area contributed by atoms with Gasteiger partial charge < -0.3 is 14.1 Å². The number of aryl methyl sites for hydroxylation is 2. The minimum absolute atomic E-state index is 0.00118. The number of para-hydroxylation sites is 1. The number of halogens is 1. The number of esters is 1. The minimum atomic E-state index is -0.604. The Balaban J connectivity index is 1.67. The number of hydrogen-bond donors (Lipinski definition) is 0. The molecule has 0 spiro atoms. The lowest BCUT2D eigenvalue weighted by Gasteiger charge is -2.22. The molecule has 30 heavy (non-hydrogen) atoms. The number of rotatable bonds is 7. The predicted molar refractivity (Wildman–Crippen MR) is 109 cm³/mol. The fraction of sp³-hybridized carbons (Fsp3) is 0.261. The summed E-state index contributed by atoms with van der Waals surface area (Å²) in [4.78, 5) is 26.0. The van der Waals surface area contributed by atoms with Gasteiger partial charge in [-0.15, -0.1) is 0 Å². The van der Waals surface area contributed by atoms with Crippen LogP contribution in [0, 0.1) is 31.0 Å². The highest BCUT2D eigenvalue weighted by molar-refractivity contribution is 5.95. The van der Waals surface area contributed by atoms with Crippen LogP contribution in [0.5, 0.6) is 0 Å². The van der Waals surface area contributed by atoms with Gasteiger partial charge in [0.05, 0.1) is 30.9 Å². The summed E-state index contributed by atoms with van der Waals surface area (Å²) in [6, 6.07) is 11.5. The number of benzene rings is 2. The van der Waals surface area contributed by atoms with Crippen LogP contribution in [0.1, 0.15) is 23.1 Å². The van der Waals surface area contributed by atoms with Crippen LogP contribution in [0.3, 0.4) is 0 Å². The molecule has 154 valence electrons. The first kappa shape index (κ1) is 21.1. The Labute approximate surface area is 173 Å². The zero-order chi connectivity index (χ0) is 21.7. The summed E-state index contributed by atoms with van der Waals surface area (Å²) in [5.74, 6) is -1.80. The van der Waals surface area contributed by atoms with Crippen molar-refractivity contribution >= 4 is 28.5 Å². The molecule has 3 aromatic rings. The smallest absolute Gasteiger partial charge is 0.310 e. The standard InChI is InChI=1S/C23H21FN2O4/c1-15-10-18-17(13-29-21(18)11-16(15)2)12-23(28)30-14-22(27)26(9-5-8-25)20-7-4-3-6-19(20)24/h3-4,6-7,10-11,13H,5,9,12,14H2,1-2H3. The number of furan rings is 1. The lowest BCUT2D eigenvalue weighted by molar-refractivity contribution is -0.147. The van der Waals surface area contributed by atoms with E-state index < -0.39 is 24.3 Å². The van der Waals surface area contributed by atoms with E-state index in [1.165, 1.54) is 24.5 Å². The van der Waals surface area contributed by atoms with Crippen molar-refractivity contribution in [3.05, 3.63) is 65.2 Å². The molecule has 3 rings (SSSR count). The third-order valence-electron chi connectivity index (χ3n) is 4.85. The minimum Gasteiger partial charge on any atom is -0.464 e. The van der Waals surface area contributed by atoms with E-state index in [1.54, 1.807) is 6.07 Å². The van der Waals surface area contributed by atoms with Crippen molar-refractivity contribution in [2.75, 3.05) is 18.1 Å². The van der Waals surface area contributed by atoms with E-state index in [1.807, 2.05) is 32.0 Å². The number of carbonyl (C=O) groups excluding carboxylic acids is 2. The maximum atomic E-state index is 14.1. The summed E-state index contributed by atoms with van der Waals surface area (Å²) in [6.07, 6.45) is 1.47. The molecule has 7 heteroatoms. The monoisotopic (exact) mass is 408 g/mol. The Morgan fingerprint density at radius 1 is 1.20 bits per heavy atom. The Hall–Kier alpha value is -3.66. The zero-order valence-corrected chi connectivity index (χ0v) is 16.8. The molecule has 6 nitrogen and oxygen atoms in total. The van der Waals surface area contributed by atoms with Gasteiger partial charge in [0, 0.05) is 17.5 Å². The second kappa shape index (κ2) is 9.23. The fourth-order valence-electron chi connectivity index (χ4n) is 3.11. The highest BCUT2D eigenvalue weighted by Crippen LogP contribution is 2.25. The van der Waals surface area contributed by atoms with Crippen molar-refractivity contribution in [2.45, 2.75) is 26.7 Å². The number of nitriles is 1. The number of nitrogens with zero attached hydrogens (tertiary/aromatic N) is 2. The van der Waals surface area contributed by atoms with Gasteiger partial charge in [-0.25, -0.2) is 4.39 Å². The Bertz CT molecular complexity index is 1130. The molecule has 0 radical (unpaired) electrons. The van der Waals surface area contributed by atoms with Gasteiger partial charge in [0.15, 0.2) is 6.61 Å². The summed E-state index contributed by atoms with van der Waals surface area (Å²) in [5, 5.41) is 9.64. The Morgan fingerprint density at radius 2 is 1.93 bits per heavy atom. The molecule has 0 saturated heterocycles. The van der Waals surface area contributed by atoms with E-state index in [9.17, 15) is 14.0 Å². The average molecular weight is 408 g/mol. The van der Waals surface area contributed by atoms with Crippen LogP contribution in [0.4, 0.5) is 10.1 Å². The number of fused-ring (bicyclic) bond motifs is 1. The summed E-state index contributed by atoms with van der Waals surface area (Å²) < 4.78 is 24.7. The zero-order valence-electron chi connectivity index (χ0n) is 16.8. The first-order valence-electron chi connectivity index (χ1n) is 9.45. The van der Waals surface area contributed by atoms with E-state index in [0.29, 0.717) is 11.1 Å². The van der Waals surface area contributed by atoms with Crippen LogP contribution >= 0.6 is 0 Å². The summed E-state index contributed by atoms with van der Waals surface area (Å²) in [5.41, 5.74) is 3.55. The predicted octanol–water partition coefficient (Wildman–Crippen LogP) is 4.22. The second-order valence-corrected chi connectivity index (χ2v) is 6.94. The van der Waals surface area contributed by atoms with Crippen LogP contribution < -0.4 is 4.90 Å². The number of anilines is 1. The molecule has 0 aliphatic rings. The van der Waals surface area contributed by atoms with Gasteiger partial charge in [0.2, 0.25) is 0 Å². The van der Waals surface area contributed by atoms with E-state index in [0.717, 1.165) is 21.4 Å². The van der Waals surface area contributed by atoms with Crippen LogP contribution in [-0.4, -0.2) is 25.0 Å². The highest BCUT2D eigenvalue weighted by Gasteiger charge is 2.21. The lowest BCUT2D eigenvalue weighted by Crippen LogP contribution is -2.36. The van der Waals surface area contributed by atoms with Gasteiger partial charge in [-0.1, -0.05) is 12.1 Å². The molecular weight excluding hydrogens is 387 g/mol. The van der Waals surface area contributed by atoms with Crippen LogP contribution in [0.2, 0.25) is 0 Å². The third-order valence-corrected chi connectivity index (χ3v) is 4.85. The highest BCUT2D eigenvalue weighted by atomic mass is 19.1. The molecule has 0 atom stereocenters. The average Bonchev–Trinajstić information content (AvgIpc) is 3.09. The van der Waals surface area contributed by atoms with E-state index in [2.05, 4.69) is 0 Å². The summed E-state index contributed by atoms with van der Waals surface area (Å²) >= 11 is 0. The van der Waals surface area contributed by atoms with Gasteiger partial charge in [0.1, 0.15) is 11.4 Å². The Kier molecular flexibility index (Phi) is 6.48. The van der Waals surface area contributed by atoms with E-state index in [-0.39, 0.29) is 25.1 Å². The molecule has 1 aromatic heterocycles. The number of amides is 1. The van der Waals surface area contributed by atoms with Crippen molar-refractivity contribution < 1.29 is 23.1 Å². The van der Waals surface area contributed by atoms with Crippen LogP contribution in [-0.2, 0) is 20.7 Å². The topological polar surface area (TPSA) is 83.5 Å². The van der Waals surface area contributed by atoms with Crippen molar-refractivity contribution in [3.63, 3.8) is 0 Å². The van der Waals surface area contributed by atoms with Crippen molar-refractivity contribution in [3.8, 4) is 6.07 Å². The van der Waals surface area contributed by atoms with Gasteiger partial charge in [0.25, 0.3) is 5.91 Å². The largest absolute Gasteiger partial charge is 0.464 e.